The van der Waals surface area contributed by atoms with Gasteiger partial charge in [0.05, 0.1) is 0 Å². The lowest BCUT2D eigenvalue weighted by Gasteiger charge is -2.32. The number of ketones is 2. The van der Waals surface area contributed by atoms with Crippen LogP contribution in [0.25, 0.3) is 6.08 Å². The molecule has 4 rings (SSSR count). The molecule has 1 aliphatic carbocycles. The Morgan fingerprint density at radius 3 is 2.71 bits per heavy atom. The van der Waals surface area contributed by atoms with Gasteiger partial charge in [0.1, 0.15) is 18.2 Å². The molecule has 0 bridgehead atoms. The quantitative estimate of drug-likeness (QED) is 0.299. The lowest BCUT2D eigenvalue weighted by atomic mass is 9.85. The van der Waals surface area contributed by atoms with Gasteiger partial charge in [-0.05, 0) is 91.8 Å². The first-order chi connectivity index (χ1) is 18.4. The number of carbonyl (C=O) groups excluding carboxylic acids is 3. The summed E-state index contributed by atoms with van der Waals surface area (Å²) in [6.45, 7) is 5.16. The predicted molar refractivity (Wildman–Crippen MR) is 149 cm³/mol. The summed E-state index contributed by atoms with van der Waals surface area (Å²) in [5.74, 6) is 0.730. The summed E-state index contributed by atoms with van der Waals surface area (Å²) in [4.78, 5) is 43.9. The highest BCUT2D eigenvalue weighted by Gasteiger charge is 2.37. The summed E-state index contributed by atoms with van der Waals surface area (Å²) in [5, 5.41) is 0.584. The minimum atomic E-state index is -0.324. The SMILES string of the molecule is C=Cc1cc(Cl)cc(COC(=O)N2CCC(CC3CC(C(=O)CCCCc4cccnc4)CC3=O)CC2)c1. The van der Waals surface area contributed by atoms with Crippen molar-refractivity contribution >= 4 is 35.3 Å². The standard InChI is InChI=1S/C31H37ClN2O4/c1-2-22-14-25(17-28(32)16-22)21-38-31(37)34-12-9-23(10-13-34)15-26-18-27(19-30(26)36)29(35)8-4-3-6-24-7-5-11-33-20-24/h2,5,7,11,14,16-17,20,23,26-27H,1,3-4,6,8-10,12-13,15,18-19,21H2. The second-order valence-electron chi connectivity index (χ2n) is 10.7. The summed E-state index contributed by atoms with van der Waals surface area (Å²) in [7, 11) is 0. The molecule has 0 N–H and O–H groups in total. The molecule has 1 aromatic carbocycles. The van der Waals surface area contributed by atoms with E-state index in [1.807, 2.05) is 24.4 Å². The number of aromatic nitrogens is 1. The van der Waals surface area contributed by atoms with Crippen molar-refractivity contribution in [2.75, 3.05) is 13.1 Å². The average Bonchev–Trinajstić information content (AvgIpc) is 3.30. The van der Waals surface area contributed by atoms with Crippen molar-refractivity contribution in [2.24, 2.45) is 17.8 Å². The minimum absolute atomic E-state index is 0.0234. The van der Waals surface area contributed by atoms with Gasteiger partial charge >= 0.3 is 6.09 Å². The van der Waals surface area contributed by atoms with E-state index in [-0.39, 0.29) is 36.1 Å². The number of amides is 1. The smallest absolute Gasteiger partial charge is 0.410 e. The Kier molecular flexibility index (Phi) is 10.1. The van der Waals surface area contributed by atoms with Crippen molar-refractivity contribution in [3.8, 4) is 0 Å². The maximum Gasteiger partial charge on any atom is 0.410 e. The molecule has 2 heterocycles. The number of hydrogen-bond acceptors (Lipinski definition) is 5. The molecule has 1 saturated carbocycles. The number of rotatable bonds is 11. The molecule has 1 aliphatic heterocycles. The third-order valence-corrected chi connectivity index (χ3v) is 8.08. The molecule has 7 heteroatoms. The molecule has 38 heavy (non-hydrogen) atoms. The zero-order valence-corrected chi connectivity index (χ0v) is 22.7. The number of halogens is 1. The molecule has 0 spiro atoms. The van der Waals surface area contributed by atoms with Crippen LogP contribution in [0.4, 0.5) is 4.79 Å². The van der Waals surface area contributed by atoms with E-state index in [0.717, 1.165) is 49.7 Å². The van der Waals surface area contributed by atoms with Crippen molar-refractivity contribution in [3.05, 3.63) is 71.0 Å². The number of Topliss-reactive ketones (excluding diaryl/α,β-unsaturated/α-hetero) is 2. The van der Waals surface area contributed by atoms with Crippen LogP contribution in [0.15, 0.2) is 49.3 Å². The zero-order valence-electron chi connectivity index (χ0n) is 21.9. The first-order valence-corrected chi connectivity index (χ1v) is 14.1. The van der Waals surface area contributed by atoms with Gasteiger partial charge in [-0.2, -0.15) is 0 Å². The Bertz CT molecular complexity index is 1130. The molecule has 2 atom stereocenters. The van der Waals surface area contributed by atoms with E-state index in [1.165, 1.54) is 5.56 Å². The van der Waals surface area contributed by atoms with Crippen LogP contribution in [-0.2, 0) is 27.4 Å². The highest BCUT2D eigenvalue weighted by Crippen LogP contribution is 2.36. The zero-order chi connectivity index (χ0) is 26.9. The van der Waals surface area contributed by atoms with Gasteiger partial charge < -0.3 is 9.64 Å². The first kappa shape index (κ1) is 28.0. The normalized spacial score (nSPS) is 19.9. The number of pyridine rings is 1. The van der Waals surface area contributed by atoms with E-state index in [2.05, 4.69) is 17.6 Å². The van der Waals surface area contributed by atoms with Gasteiger partial charge in [0.2, 0.25) is 0 Å². The highest BCUT2D eigenvalue weighted by molar-refractivity contribution is 6.30. The molecule has 1 aromatic heterocycles. The topological polar surface area (TPSA) is 76.6 Å². The maximum atomic E-state index is 12.7. The van der Waals surface area contributed by atoms with Crippen molar-refractivity contribution in [1.82, 2.24) is 9.88 Å². The van der Waals surface area contributed by atoms with Crippen LogP contribution in [0.1, 0.15) is 68.1 Å². The average molecular weight is 537 g/mol. The number of benzene rings is 1. The number of hydrogen-bond donors (Lipinski definition) is 0. The van der Waals surface area contributed by atoms with Crippen LogP contribution in [0.3, 0.4) is 0 Å². The summed E-state index contributed by atoms with van der Waals surface area (Å²) in [5.41, 5.74) is 2.90. The molecule has 2 aliphatic rings. The second-order valence-corrected chi connectivity index (χ2v) is 11.1. The number of carbonyl (C=O) groups is 3. The van der Waals surface area contributed by atoms with Crippen LogP contribution in [-0.4, -0.2) is 40.6 Å². The summed E-state index contributed by atoms with van der Waals surface area (Å²) >= 11 is 6.12. The van der Waals surface area contributed by atoms with Crippen molar-refractivity contribution < 1.29 is 19.1 Å². The molecule has 6 nitrogen and oxygen atoms in total. The van der Waals surface area contributed by atoms with Crippen LogP contribution in [0.5, 0.6) is 0 Å². The van der Waals surface area contributed by atoms with E-state index < -0.39 is 0 Å². The number of aryl methyl sites for hydroxylation is 1. The molecule has 2 aromatic rings. The monoisotopic (exact) mass is 536 g/mol. The Morgan fingerprint density at radius 1 is 1.16 bits per heavy atom. The predicted octanol–water partition coefficient (Wildman–Crippen LogP) is 6.69. The lowest BCUT2D eigenvalue weighted by Crippen LogP contribution is -2.39. The molecule has 2 fully saturated rings. The lowest BCUT2D eigenvalue weighted by molar-refractivity contribution is -0.125. The van der Waals surface area contributed by atoms with Crippen molar-refractivity contribution in [1.29, 1.82) is 0 Å². The first-order valence-electron chi connectivity index (χ1n) is 13.7. The molecule has 202 valence electrons. The second kappa shape index (κ2) is 13.7. The largest absolute Gasteiger partial charge is 0.445 e. The Balaban J connectivity index is 1.14. The fourth-order valence-electron chi connectivity index (χ4n) is 5.69. The molecule has 1 saturated heterocycles. The van der Waals surface area contributed by atoms with E-state index in [9.17, 15) is 14.4 Å². The van der Waals surface area contributed by atoms with E-state index in [1.54, 1.807) is 23.2 Å². The molecule has 0 radical (unpaired) electrons. The molecule has 2 unspecified atom stereocenters. The van der Waals surface area contributed by atoms with Crippen LogP contribution in [0.2, 0.25) is 5.02 Å². The fraction of sp³-hybridized carbons (Fsp3) is 0.484. The maximum absolute atomic E-state index is 12.7. The molecular formula is C31H37ClN2O4. The molecule has 1 amide bonds. The van der Waals surface area contributed by atoms with E-state index >= 15 is 0 Å². The third kappa shape index (κ3) is 8.00. The van der Waals surface area contributed by atoms with Gasteiger partial charge in [0, 0.05) is 55.2 Å². The van der Waals surface area contributed by atoms with Gasteiger partial charge in [-0.1, -0.05) is 30.3 Å². The number of unbranched alkanes of at least 4 members (excludes halogenated alkanes) is 1. The summed E-state index contributed by atoms with van der Waals surface area (Å²) in [6, 6.07) is 9.48. The Labute approximate surface area is 230 Å². The Morgan fingerprint density at radius 2 is 1.97 bits per heavy atom. The van der Waals surface area contributed by atoms with Crippen LogP contribution in [0, 0.1) is 17.8 Å². The number of piperidine rings is 1. The van der Waals surface area contributed by atoms with Gasteiger partial charge in [-0.3, -0.25) is 14.6 Å². The highest BCUT2D eigenvalue weighted by atomic mass is 35.5. The van der Waals surface area contributed by atoms with Crippen molar-refractivity contribution in [2.45, 2.75) is 64.4 Å². The van der Waals surface area contributed by atoms with Crippen molar-refractivity contribution in [3.63, 3.8) is 0 Å². The van der Waals surface area contributed by atoms with Gasteiger partial charge in [-0.15, -0.1) is 0 Å². The third-order valence-electron chi connectivity index (χ3n) is 7.86. The number of likely N-dealkylation sites (tertiary alicyclic amines) is 1. The number of ether oxygens (including phenoxy) is 1. The fourth-order valence-corrected chi connectivity index (χ4v) is 5.95. The van der Waals surface area contributed by atoms with E-state index in [0.29, 0.717) is 43.3 Å². The van der Waals surface area contributed by atoms with Gasteiger partial charge in [0.15, 0.2) is 0 Å². The molecular weight excluding hydrogens is 500 g/mol. The number of nitrogens with zero attached hydrogens (tertiary/aromatic N) is 2. The van der Waals surface area contributed by atoms with Crippen LogP contribution >= 0.6 is 11.6 Å². The minimum Gasteiger partial charge on any atom is -0.445 e. The summed E-state index contributed by atoms with van der Waals surface area (Å²) in [6.07, 6.45) is 11.9. The van der Waals surface area contributed by atoms with Gasteiger partial charge in [0.25, 0.3) is 0 Å². The van der Waals surface area contributed by atoms with Gasteiger partial charge in [-0.25, -0.2) is 4.79 Å². The summed E-state index contributed by atoms with van der Waals surface area (Å²) < 4.78 is 5.51. The van der Waals surface area contributed by atoms with E-state index in [4.69, 9.17) is 16.3 Å². The Hall–Kier alpha value is -2.99. The van der Waals surface area contributed by atoms with Crippen LogP contribution < -0.4 is 0 Å².